The zero-order valence-electron chi connectivity index (χ0n) is 18.3. The molecule has 3 aromatic rings. The Kier molecular flexibility index (Phi) is 6.36. The smallest absolute Gasteiger partial charge is 0.321 e. The second-order valence-corrected chi connectivity index (χ2v) is 7.63. The summed E-state index contributed by atoms with van der Waals surface area (Å²) in [4.78, 5) is 43.6. The maximum Gasteiger partial charge on any atom is 0.321 e. The first-order valence-electron chi connectivity index (χ1n) is 10.7. The molecule has 2 aromatic carbocycles. The van der Waals surface area contributed by atoms with Crippen LogP contribution in [0.5, 0.6) is 0 Å². The predicted molar refractivity (Wildman–Crippen MR) is 120 cm³/mol. The maximum atomic E-state index is 13.7. The van der Waals surface area contributed by atoms with E-state index < -0.39 is 28.8 Å². The maximum absolute atomic E-state index is 13.7. The molecule has 0 aliphatic carbocycles. The highest BCUT2D eigenvalue weighted by atomic mass is 16.6. The molecule has 0 bridgehead atoms. The van der Waals surface area contributed by atoms with E-state index in [0.29, 0.717) is 36.6 Å². The molecule has 0 spiro atoms. The summed E-state index contributed by atoms with van der Waals surface area (Å²) in [6, 6.07) is 12.5. The predicted octanol–water partition coefficient (Wildman–Crippen LogP) is 3.10. The van der Waals surface area contributed by atoms with Crippen molar-refractivity contribution in [1.82, 2.24) is 9.55 Å². The van der Waals surface area contributed by atoms with Crippen LogP contribution in [0, 0.1) is 16.0 Å². The molecule has 1 amide bonds. The zero-order chi connectivity index (χ0) is 23.5. The van der Waals surface area contributed by atoms with Gasteiger partial charge in [-0.05, 0) is 31.0 Å². The number of methoxy groups -OCH3 is 1. The minimum absolute atomic E-state index is 0.0783. The van der Waals surface area contributed by atoms with Crippen molar-refractivity contribution < 1.29 is 24.0 Å². The number of hydrogen-bond donors (Lipinski definition) is 0. The number of anilines is 1. The summed E-state index contributed by atoms with van der Waals surface area (Å²) in [5.41, 5.74) is 1.92. The van der Waals surface area contributed by atoms with Crippen molar-refractivity contribution in [3.05, 3.63) is 64.2 Å². The standard InChI is InChI=1S/C23H24N4O6/c1-3-33-22(29)19-20(15-9-11-16(12-10-15)27(30)31)26-18-8-5-4-7-17(18)24-23(26)25(21(19)28)13-6-14-32-2/h4-5,7-12,19-20H,3,6,13-14H2,1-2H3/t19-,20+/m1/s1. The van der Waals surface area contributed by atoms with E-state index in [0.717, 1.165) is 5.52 Å². The number of nitro groups is 1. The van der Waals surface area contributed by atoms with Gasteiger partial charge in [0.2, 0.25) is 11.9 Å². The summed E-state index contributed by atoms with van der Waals surface area (Å²) in [5, 5.41) is 11.1. The quantitative estimate of drug-likeness (QED) is 0.169. The Morgan fingerprint density at radius 2 is 1.91 bits per heavy atom. The Balaban J connectivity index is 1.92. The molecule has 10 nitrogen and oxygen atoms in total. The van der Waals surface area contributed by atoms with Gasteiger partial charge < -0.3 is 14.0 Å². The van der Waals surface area contributed by atoms with Crippen LogP contribution in [0.2, 0.25) is 0 Å². The first-order valence-corrected chi connectivity index (χ1v) is 10.7. The molecule has 1 aromatic heterocycles. The lowest BCUT2D eigenvalue weighted by molar-refractivity contribution is -0.384. The highest BCUT2D eigenvalue weighted by molar-refractivity contribution is 6.08. The molecule has 2 heterocycles. The van der Waals surface area contributed by atoms with Gasteiger partial charge in [-0.3, -0.25) is 24.6 Å². The van der Waals surface area contributed by atoms with Gasteiger partial charge in [0.05, 0.1) is 28.6 Å². The van der Waals surface area contributed by atoms with Crippen LogP contribution in [0.1, 0.15) is 24.9 Å². The normalized spacial score (nSPS) is 17.8. The number of carbonyl (C=O) groups excluding carboxylic acids is 2. The summed E-state index contributed by atoms with van der Waals surface area (Å²) >= 11 is 0. The van der Waals surface area contributed by atoms with Gasteiger partial charge in [0.25, 0.3) is 5.69 Å². The number of carbonyl (C=O) groups is 2. The summed E-state index contributed by atoms with van der Waals surface area (Å²) < 4.78 is 12.3. The fourth-order valence-electron chi connectivity index (χ4n) is 4.22. The van der Waals surface area contributed by atoms with E-state index >= 15 is 0 Å². The SMILES string of the molecule is CCOC(=O)[C@H]1C(=O)N(CCCOC)c2nc3ccccc3n2[C@H]1c1ccc([N+](=O)[O-])cc1. The van der Waals surface area contributed by atoms with E-state index in [1.165, 1.54) is 17.0 Å². The van der Waals surface area contributed by atoms with Crippen LogP contribution in [-0.2, 0) is 19.1 Å². The molecule has 10 heteroatoms. The second kappa shape index (κ2) is 9.37. The van der Waals surface area contributed by atoms with Gasteiger partial charge in [0.1, 0.15) is 0 Å². The van der Waals surface area contributed by atoms with Gasteiger partial charge >= 0.3 is 5.97 Å². The Morgan fingerprint density at radius 1 is 1.18 bits per heavy atom. The number of aromatic nitrogens is 2. The average Bonchev–Trinajstić information content (AvgIpc) is 3.19. The molecular weight excluding hydrogens is 428 g/mol. The highest BCUT2D eigenvalue weighted by Crippen LogP contribution is 2.41. The Hall–Kier alpha value is -3.79. The minimum atomic E-state index is -1.17. The largest absolute Gasteiger partial charge is 0.465 e. The lowest BCUT2D eigenvalue weighted by Gasteiger charge is -2.37. The van der Waals surface area contributed by atoms with E-state index in [1.54, 1.807) is 26.2 Å². The van der Waals surface area contributed by atoms with Crippen LogP contribution < -0.4 is 4.90 Å². The molecule has 1 aliphatic rings. The van der Waals surface area contributed by atoms with Crippen LogP contribution in [-0.4, -0.2) is 53.2 Å². The van der Waals surface area contributed by atoms with Gasteiger partial charge in [-0.25, -0.2) is 4.98 Å². The summed E-state index contributed by atoms with van der Waals surface area (Å²) in [6.45, 7) is 2.57. The molecule has 172 valence electrons. The third kappa shape index (κ3) is 4.05. The molecule has 0 unspecified atom stereocenters. The van der Waals surface area contributed by atoms with Crippen LogP contribution in [0.15, 0.2) is 48.5 Å². The Labute approximate surface area is 189 Å². The highest BCUT2D eigenvalue weighted by Gasteiger charge is 2.47. The van der Waals surface area contributed by atoms with E-state index in [2.05, 4.69) is 0 Å². The Morgan fingerprint density at radius 3 is 2.58 bits per heavy atom. The monoisotopic (exact) mass is 452 g/mol. The number of fused-ring (bicyclic) bond motifs is 3. The lowest BCUT2D eigenvalue weighted by Crippen LogP contribution is -2.50. The van der Waals surface area contributed by atoms with Crippen molar-refractivity contribution in [1.29, 1.82) is 0 Å². The lowest BCUT2D eigenvalue weighted by atomic mass is 9.89. The summed E-state index contributed by atoms with van der Waals surface area (Å²) in [6.07, 6.45) is 0.559. The molecule has 1 aliphatic heterocycles. The number of amides is 1. The van der Waals surface area contributed by atoms with Crippen molar-refractivity contribution in [2.24, 2.45) is 5.92 Å². The molecule has 4 rings (SSSR count). The molecule has 2 atom stereocenters. The first kappa shape index (κ1) is 22.4. The second-order valence-electron chi connectivity index (χ2n) is 7.63. The molecule has 0 radical (unpaired) electrons. The van der Waals surface area contributed by atoms with Crippen molar-refractivity contribution in [3.63, 3.8) is 0 Å². The number of benzene rings is 2. The van der Waals surface area contributed by atoms with Crippen molar-refractivity contribution in [2.45, 2.75) is 19.4 Å². The fraction of sp³-hybridized carbons (Fsp3) is 0.348. The van der Waals surface area contributed by atoms with Gasteiger partial charge in [0.15, 0.2) is 5.92 Å². The van der Waals surface area contributed by atoms with Crippen LogP contribution in [0.3, 0.4) is 0 Å². The van der Waals surface area contributed by atoms with Crippen molar-refractivity contribution >= 4 is 34.5 Å². The van der Waals surface area contributed by atoms with Crippen molar-refractivity contribution in [3.8, 4) is 0 Å². The molecular formula is C23H24N4O6. The third-order valence-corrected chi connectivity index (χ3v) is 5.66. The molecule has 0 saturated heterocycles. The topological polar surface area (TPSA) is 117 Å². The number of ether oxygens (including phenoxy) is 2. The molecule has 0 N–H and O–H groups in total. The zero-order valence-corrected chi connectivity index (χ0v) is 18.3. The van der Waals surface area contributed by atoms with E-state index in [4.69, 9.17) is 14.5 Å². The summed E-state index contributed by atoms with van der Waals surface area (Å²) in [5.74, 6) is -1.82. The van der Waals surface area contributed by atoms with Gasteiger partial charge in [-0.1, -0.05) is 24.3 Å². The van der Waals surface area contributed by atoms with Gasteiger partial charge in [-0.2, -0.15) is 0 Å². The molecule has 0 fully saturated rings. The molecule has 33 heavy (non-hydrogen) atoms. The number of non-ortho nitro benzene ring substituents is 1. The van der Waals surface area contributed by atoms with E-state index in [-0.39, 0.29) is 12.3 Å². The first-order chi connectivity index (χ1) is 16.0. The number of nitro benzene ring substituents is 1. The average molecular weight is 452 g/mol. The minimum Gasteiger partial charge on any atom is -0.465 e. The summed E-state index contributed by atoms with van der Waals surface area (Å²) in [7, 11) is 1.58. The third-order valence-electron chi connectivity index (χ3n) is 5.66. The fourth-order valence-corrected chi connectivity index (χ4v) is 4.22. The van der Waals surface area contributed by atoms with Gasteiger partial charge in [-0.15, -0.1) is 0 Å². The number of para-hydroxylation sites is 2. The number of imidazole rings is 1. The van der Waals surface area contributed by atoms with Crippen LogP contribution in [0.25, 0.3) is 11.0 Å². The van der Waals surface area contributed by atoms with Gasteiger partial charge in [0, 0.05) is 32.4 Å². The number of esters is 1. The molecule has 0 saturated carbocycles. The number of hydrogen-bond acceptors (Lipinski definition) is 7. The van der Waals surface area contributed by atoms with Crippen molar-refractivity contribution in [2.75, 3.05) is 31.8 Å². The van der Waals surface area contributed by atoms with E-state index in [9.17, 15) is 19.7 Å². The van der Waals surface area contributed by atoms with Crippen LogP contribution >= 0.6 is 0 Å². The number of nitrogens with zero attached hydrogens (tertiary/aromatic N) is 4. The number of rotatable bonds is 8. The Bertz CT molecular complexity index is 1190. The van der Waals surface area contributed by atoms with E-state index in [1.807, 2.05) is 28.8 Å². The van der Waals surface area contributed by atoms with Crippen LogP contribution in [0.4, 0.5) is 11.6 Å².